The van der Waals surface area contributed by atoms with Gasteiger partial charge in [-0.05, 0) is 50.9 Å². The van der Waals surface area contributed by atoms with Gasteiger partial charge >= 0.3 is 0 Å². The SMILES string of the molecule is NNC(CCCC1CCCO1)C1CCCCCC1. The van der Waals surface area contributed by atoms with Crippen LogP contribution >= 0.6 is 0 Å². The number of hydrogen-bond acceptors (Lipinski definition) is 3. The first-order chi connectivity index (χ1) is 8.90. The fraction of sp³-hybridized carbons (Fsp3) is 1.00. The summed E-state index contributed by atoms with van der Waals surface area (Å²) >= 11 is 0. The highest BCUT2D eigenvalue weighted by molar-refractivity contribution is 4.77. The van der Waals surface area contributed by atoms with Crippen molar-refractivity contribution in [2.45, 2.75) is 82.8 Å². The lowest BCUT2D eigenvalue weighted by molar-refractivity contribution is 0.100. The second-order valence-corrected chi connectivity index (χ2v) is 6.09. The van der Waals surface area contributed by atoms with E-state index in [9.17, 15) is 0 Å². The first-order valence-electron chi connectivity index (χ1n) is 7.98. The van der Waals surface area contributed by atoms with Gasteiger partial charge in [-0.1, -0.05) is 25.7 Å². The molecule has 1 saturated heterocycles. The first-order valence-corrected chi connectivity index (χ1v) is 7.98. The number of ether oxygens (including phenoxy) is 1. The summed E-state index contributed by atoms with van der Waals surface area (Å²) in [6.45, 7) is 0.978. The highest BCUT2D eigenvalue weighted by Crippen LogP contribution is 2.28. The zero-order valence-corrected chi connectivity index (χ0v) is 11.7. The third-order valence-electron chi connectivity index (χ3n) is 4.75. The molecule has 0 radical (unpaired) electrons. The third kappa shape index (κ3) is 4.52. The van der Waals surface area contributed by atoms with E-state index in [1.54, 1.807) is 0 Å². The Morgan fingerprint density at radius 1 is 1.06 bits per heavy atom. The fourth-order valence-electron chi connectivity index (χ4n) is 3.61. The Morgan fingerprint density at radius 2 is 1.83 bits per heavy atom. The van der Waals surface area contributed by atoms with Crippen LogP contribution in [0.5, 0.6) is 0 Å². The quantitative estimate of drug-likeness (QED) is 0.435. The molecule has 0 bridgehead atoms. The first kappa shape index (κ1) is 14.3. The van der Waals surface area contributed by atoms with Crippen LogP contribution < -0.4 is 11.3 Å². The molecule has 2 unspecified atom stereocenters. The molecule has 1 heterocycles. The summed E-state index contributed by atoms with van der Waals surface area (Å²) in [5.41, 5.74) is 3.08. The molecule has 0 aromatic rings. The predicted molar refractivity (Wildman–Crippen MR) is 75.1 cm³/mol. The van der Waals surface area contributed by atoms with E-state index >= 15 is 0 Å². The van der Waals surface area contributed by atoms with E-state index in [2.05, 4.69) is 5.43 Å². The van der Waals surface area contributed by atoms with Gasteiger partial charge in [-0.25, -0.2) is 0 Å². The second kappa shape index (κ2) is 8.13. The number of rotatable bonds is 6. The molecule has 1 saturated carbocycles. The van der Waals surface area contributed by atoms with Crippen LogP contribution in [0.3, 0.4) is 0 Å². The van der Waals surface area contributed by atoms with E-state index in [0.717, 1.165) is 12.5 Å². The standard InChI is InChI=1S/C15H30N2O/c16-17-15(13-7-3-1-2-4-8-13)11-5-9-14-10-6-12-18-14/h13-15,17H,1-12,16H2. The Morgan fingerprint density at radius 3 is 2.44 bits per heavy atom. The van der Waals surface area contributed by atoms with Gasteiger partial charge in [0.05, 0.1) is 6.10 Å². The zero-order valence-electron chi connectivity index (χ0n) is 11.7. The molecule has 1 aliphatic carbocycles. The smallest absolute Gasteiger partial charge is 0.0576 e. The Labute approximate surface area is 112 Å². The van der Waals surface area contributed by atoms with Crippen LogP contribution in [-0.4, -0.2) is 18.8 Å². The Hall–Kier alpha value is -0.120. The van der Waals surface area contributed by atoms with Gasteiger partial charge in [0.15, 0.2) is 0 Å². The van der Waals surface area contributed by atoms with Gasteiger partial charge < -0.3 is 4.74 Å². The van der Waals surface area contributed by atoms with Crippen molar-refractivity contribution in [1.29, 1.82) is 0 Å². The summed E-state index contributed by atoms with van der Waals surface area (Å²) in [5, 5.41) is 0. The predicted octanol–water partition coefficient (Wildman–Crippen LogP) is 3.14. The Bertz CT molecular complexity index is 209. The molecule has 2 rings (SSSR count). The Balaban J connectivity index is 1.66. The lowest BCUT2D eigenvalue weighted by atomic mass is 9.88. The summed E-state index contributed by atoms with van der Waals surface area (Å²) in [6, 6.07) is 0.532. The monoisotopic (exact) mass is 254 g/mol. The van der Waals surface area contributed by atoms with Crippen molar-refractivity contribution in [3.05, 3.63) is 0 Å². The summed E-state index contributed by atoms with van der Waals surface area (Å²) < 4.78 is 5.68. The van der Waals surface area contributed by atoms with E-state index in [-0.39, 0.29) is 0 Å². The van der Waals surface area contributed by atoms with Gasteiger partial charge in [-0.15, -0.1) is 0 Å². The van der Waals surface area contributed by atoms with Crippen molar-refractivity contribution in [2.75, 3.05) is 6.61 Å². The number of nitrogens with two attached hydrogens (primary N) is 1. The van der Waals surface area contributed by atoms with Crippen molar-refractivity contribution in [3.8, 4) is 0 Å². The minimum atomic E-state index is 0.532. The van der Waals surface area contributed by atoms with Crippen LogP contribution in [0.2, 0.25) is 0 Å². The number of nitrogens with one attached hydrogen (secondary N) is 1. The van der Waals surface area contributed by atoms with Crippen molar-refractivity contribution in [2.24, 2.45) is 11.8 Å². The molecule has 106 valence electrons. The molecule has 0 amide bonds. The van der Waals surface area contributed by atoms with Crippen LogP contribution in [0, 0.1) is 5.92 Å². The summed E-state index contributed by atoms with van der Waals surface area (Å²) in [5.74, 6) is 6.58. The van der Waals surface area contributed by atoms with Crippen molar-refractivity contribution in [1.82, 2.24) is 5.43 Å². The van der Waals surface area contributed by atoms with E-state index in [1.807, 2.05) is 0 Å². The van der Waals surface area contributed by atoms with E-state index in [4.69, 9.17) is 10.6 Å². The molecular formula is C15H30N2O. The van der Waals surface area contributed by atoms with Crippen molar-refractivity contribution >= 4 is 0 Å². The van der Waals surface area contributed by atoms with E-state index < -0.39 is 0 Å². The van der Waals surface area contributed by atoms with Gasteiger partial charge in [-0.2, -0.15) is 0 Å². The van der Waals surface area contributed by atoms with Gasteiger partial charge in [0.25, 0.3) is 0 Å². The highest BCUT2D eigenvalue weighted by Gasteiger charge is 2.22. The summed E-state index contributed by atoms with van der Waals surface area (Å²) in [6.07, 6.45) is 15.1. The molecule has 0 spiro atoms. The number of hydrogen-bond donors (Lipinski definition) is 2. The average Bonchev–Trinajstić information content (AvgIpc) is 2.76. The van der Waals surface area contributed by atoms with E-state index in [0.29, 0.717) is 12.1 Å². The van der Waals surface area contributed by atoms with Crippen LogP contribution in [0.4, 0.5) is 0 Å². The molecule has 3 heteroatoms. The van der Waals surface area contributed by atoms with Crippen LogP contribution in [0.15, 0.2) is 0 Å². The molecule has 3 nitrogen and oxygen atoms in total. The topological polar surface area (TPSA) is 47.3 Å². The molecule has 2 aliphatic rings. The number of hydrazine groups is 1. The second-order valence-electron chi connectivity index (χ2n) is 6.09. The Kier molecular flexibility index (Phi) is 6.46. The molecule has 1 aliphatic heterocycles. The minimum Gasteiger partial charge on any atom is -0.378 e. The average molecular weight is 254 g/mol. The maximum absolute atomic E-state index is 5.77. The summed E-state index contributed by atoms with van der Waals surface area (Å²) in [7, 11) is 0. The van der Waals surface area contributed by atoms with Gasteiger partial charge in [0.1, 0.15) is 0 Å². The van der Waals surface area contributed by atoms with Crippen LogP contribution in [0.25, 0.3) is 0 Å². The maximum Gasteiger partial charge on any atom is 0.0576 e. The lowest BCUT2D eigenvalue weighted by Gasteiger charge is -2.25. The highest BCUT2D eigenvalue weighted by atomic mass is 16.5. The molecule has 2 fully saturated rings. The molecule has 0 aromatic heterocycles. The van der Waals surface area contributed by atoms with E-state index in [1.165, 1.54) is 70.6 Å². The van der Waals surface area contributed by atoms with Gasteiger partial charge in [0, 0.05) is 12.6 Å². The summed E-state index contributed by atoms with van der Waals surface area (Å²) in [4.78, 5) is 0. The van der Waals surface area contributed by atoms with Gasteiger partial charge in [0.2, 0.25) is 0 Å². The lowest BCUT2D eigenvalue weighted by Crippen LogP contribution is -2.40. The minimum absolute atomic E-state index is 0.532. The largest absolute Gasteiger partial charge is 0.378 e. The molecule has 0 aromatic carbocycles. The fourth-order valence-corrected chi connectivity index (χ4v) is 3.61. The molecular weight excluding hydrogens is 224 g/mol. The van der Waals surface area contributed by atoms with Crippen LogP contribution in [-0.2, 0) is 4.74 Å². The molecule has 2 atom stereocenters. The third-order valence-corrected chi connectivity index (χ3v) is 4.75. The zero-order chi connectivity index (χ0) is 12.6. The van der Waals surface area contributed by atoms with Gasteiger partial charge in [-0.3, -0.25) is 11.3 Å². The maximum atomic E-state index is 5.77. The normalized spacial score (nSPS) is 28.2. The van der Waals surface area contributed by atoms with Crippen molar-refractivity contribution < 1.29 is 4.74 Å². The van der Waals surface area contributed by atoms with Crippen molar-refractivity contribution in [3.63, 3.8) is 0 Å². The molecule has 3 N–H and O–H groups in total. The van der Waals surface area contributed by atoms with Crippen LogP contribution in [0.1, 0.15) is 70.6 Å². The molecule has 18 heavy (non-hydrogen) atoms.